The van der Waals surface area contributed by atoms with Crippen molar-refractivity contribution >= 4 is 32.1 Å². The third-order valence-electron chi connectivity index (χ3n) is 2.37. The predicted molar refractivity (Wildman–Crippen MR) is 96.5 cm³/mol. The average molecular weight is 366 g/mol. The standard InChI is InChI=1S/C13H31NO5Si3/c1-21(2,3)18-13(19-22(4,5)6)20-9-7-8-17-10-11(15)12(14)16/h10,13,15H,7-9,20H2,1-6H3,(H2,14,16). The molecule has 0 aliphatic rings. The van der Waals surface area contributed by atoms with E-state index in [1.165, 1.54) is 0 Å². The molecule has 0 rings (SSSR count). The maximum absolute atomic E-state index is 10.6. The van der Waals surface area contributed by atoms with Gasteiger partial charge in [-0.3, -0.25) is 4.79 Å². The lowest BCUT2D eigenvalue weighted by atomic mass is 10.5. The molecule has 0 spiro atoms. The Labute approximate surface area is 138 Å². The van der Waals surface area contributed by atoms with Gasteiger partial charge < -0.3 is 24.4 Å². The van der Waals surface area contributed by atoms with Gasteiger partial charge in [-0.05, 0) is 45.7 Å². The van der Waals surface area contributed by atoms with Gasteiger partial charge in [-0.2, -0.15) is 0 Å². The number of carbonyl (C=O) groups excluding carboxylic acids is 1. The Morgan fingerprint density at radius 1 is 1.18 bits per heavy atom. The monoisotopic (exact) mass is 365 g/mol. The number of hydrogen-bond donors (Lipinski definition) is 2. The van der Waals surface area contributed by atoms with Crippen LogP contribution < -0.4 is 5.73 Å². The van der Waals surface area contributed by atoms with E-state index in [0.717, 1.165) is 18.7 Å². The Morgan fingerprint density at radius 2 is 1.68 bits per heavy atom. The van der Waals surface area contributed by atoms with Crippen molar-refractivity contribution in [2.75, 3.05) is 6.61 Å². The third-order valence-corrected chi connectivity index (χ3v) is 6.69. The number of aliphatic hydroxyl groups is 1. The molecule has 0 aromatic rings. The molecule has 130 valence electrons. The molecule has 0 saturated carbocycles. The van der Waals surface area contributed by atoms with E-state index < -0.39 is 37.8 Å². The highest BCUT2D eigenvalue weighted by atomic mass is 28.4. The summed E-state index contributed by atoms with van der Waals surface area (Å²) in [5.74, 6) is -1.46. The van der Waals surface area contributed by atoms with E-state index in [1.807, 2.05) is 0 Å². The van der Waals surface area contributed by atoms with Crippen molar-refractivity contribution in [2.24, 2.45) is 5.73 Å². The first-order valence-corrected chi connectivity index (χ1v) is 16.2. The summed E-state index contributed by atoms with van der Waals surface area (Å²) in [5, 5.41) is 9.07. The maximum Gasteiger partial charge on any atom is 0.286 e. The van der Waals surface area contributed by atoms with Gasteiger partial charge >= 0.3 is 0 Å². The highest BCUT2D eigenvalue weighted by molar-refractivity contribution is 6.71. The Bertz CT molecular complexity index is 361. The fraction of sp³-hybridized carbons (Fsp3) is 0.769. The van der Waals surface area contributed by atoms with Crippen molar-refractivity contribution in [1.29, 1.82) is 0 Å². The van der Waals surface area contributed by atoms with Crippen LogP contribution in [0, 0.1) is 0 Å². The molecule has 0 fully saturated rings. The molecule has 22 heavy (non-hydrogen) atoms. The lowest BCUT2D eigenvalue weighted by Crippen LogP contribution is -2.43. The molecule has 9 heteroatoms. The van der Waals surface area contributed by atoms with Crippen LogP contribution in [0.4, 0.5) is 0 Å². The largest absolute Gasteiger partial charge is 0.501 e. The second-order valence-corrected chi connectivity index (χ2v) is 18.0. The third kappa shape index (κ3) is 13.1. The van der Waals surface area contributed by atoms with Crippen LogP contribution in [0.2, 0.25) is 45.3 Å². The molecule has 0 saturated heterocycles. The highest BCUT2D eigenvalue weighted by Gasteiger charge is 2.26. The molecule has 0 atom stereocenters. The van der Waals surface area contributed by atoms with Crippen LogP contribution in [-0.4, -0.2) is 49.7 Å². The molecule has 0 aromatic heterocycles. The van der Waals surface area contributed by atoms with Crippen LogP contribution in [0.5, 0.6) is 0 Å². The minimum atomic E-state index is -1.62. The number of primary amides is 1. The molecular weight excluding hydrogens is 334 g/mol. The van der Waals surface area contributed by atoms with Gasteiger partial charge in [0.2, 0.25) is 5.76 Å². The van der Waals surface area contributed by atoms with Gasteiger partial charge in [0.15, 0.2) is 16.6 Å². The zero-order valence-electron chi connectivity index (χ0n) is 14.6. The number of hydrogen-bond acceptors (Lipinski definition) is 5. The summed E-state index contributed by atoms with van der Waals surface area (Å²) >= 11 is 0. The SMILES string of the molecule is C[Si](C)(C)OC(O[Si](C)(C)C)[SiH2]CCCOC=C(O)C(N)=O. The van der Waals surface area contributed by atoms with Crippen LogP contribution in [-0.2, 0) is 18.4 Å². The van der Waals surface area contributed by atoms with Crippen LogP contribution in [0.1, 0.15) is 6.42 Å². The average Bonchev–Trinajstić information content (AvgIpc) is 2.28. The first-order valence-electron chi connectivity index (χ1n) is 7.57. The van der Waals surface area contributed by atoms with E-state index in [4.69, 9.17) is 24.4 Å². The quantitative estimate of drug-likeness (QED) is 0.192. The minimum absolute atomic E-state index is 0.0205. The predicted octanol–water partition coefficient (Wildman–Crippen LogP) is 1.85. The maximum atomic E-state index is 10.6. The summed E-state index contributed by atoms with van der Waals surface area (Å²) in [6, 6.07) is 1.02. The van der Waals surface area contributed by atoms with Crippen molar-refractivity contribution in [3.8, 4) is 0 Å². The second-order valence-electron chi connectivity index (χ2n) is 7.12. The minimum Gasteiger partial charge on any atom is -0.501 e. The Balaban J connectivity index is 4.13. The van der Waals surface area contributed by atoms with E-state index in [0.29, 0.717) is 6.61 Å². The summed E-state index contributed by atoms with van der Waals surface area (Å²) in [5.41, 5.74) is 4.88. The summed E-state index contributed by atoms with van der Waals surface area (Å²) in [7, 11) is -3.76. The molecule has 6 nitrogen and oxygen atoms in total. The molecule has 0 radical (unpaired) electrons. The Hall–Kier alpha value is -0.619. The smallest absolute Gasteiger partial charge is 0.286 e. The Morgan fingerprint density at radius 3 is 2.09 bits per heavy atom. The van der Waals surface area contributed by atoms with E-state index in [-0.39, 0.29) is 5.91 Å². The molecule has 0 aromatic carbocycles. The van der Waals surface area contributed by atoms with Crippen LogP contribution >= 0.6 is 0 Å². The fourth-order valence-corrected chi connectivity index (χ4v) is 8.16. The number of carbonyl (C=O) groups is 1. The lowest BCUT2D eigenvalue weighted by molar-refractivity contribution is -0.117. The van der Waals surface area contributed by atoms with Gasteiger partial charge in [-0.25, -0.2) is 0 Å². The van der Waals surface area contributed by atoms with Crippen molar-refractivity contribution in [1.82, 2.24) is 0 Å². The normalized spacial score (nSPS) is 14.0. The lowest BCUT2D eigenvalue weighted by Gasteiger charge is -2.31. The van der Waals surface area contributed by atoms with E-state index in [1.54, 1.807) is 0 Å². The van der Waals surface area contributed by atoms with E-state index in [9.17, 15) is 4.79 Å². The molecule has 1 amide bonds. The molecule has 3 N–H and O–H groups in total. The number of nitrogens with two attached hydrogens (primary N) is 1. The van der Waals surface area contributed by atoms with E-state index >= 15 is 0 Å². The summed E-state index contributed by atoms with van der Waals surface area (Å²) in [4.78, 5) is 10.6. The van der Waals surface area contributed by atoms with Gasteiger partial charge in [0.05, 0.1) is 16.1 Å². The first-order chi connectivity index (χ1) is 9.91. The zero-order valence-corrected chi connectivity index (χ0v) is 18.1. The number of amides is 1. The molecule has 0 bridgehead atoms. The van der Waals surface area contributed by atoms with Crippen molar-refractivity contribution in [2.45, 2.75) is 57.7 Å². The summed E-state index contributed by atoms with van der Waals surface area (Å²) in [6.07, 6.45) is 1.84. The van der Waals surface area contributed by atoms with Crippen LogP contribution in [0.3, 0.4) is 0 Å². The zero-order chi connectivity index (χ0) is 17.4. The molecular formula is C13H31NO5Si3. The van der Waals surface area contributed by atoms with Crippen molar-refractivity contribution in [3.05, 3.63) is 12.0 Å². The van der Waals surface area contributed by atoms with Crippen molar-refractivity contribution in [3.63, 3.8) is 0 Å². The molecule has 0 aliphatic carbocycles. The molecule has 0 aliphatic heterocycles. The Kier molecular flexibility index (Phi) is 9.24. The second kappa shape index (κ2) is 9.50. The van der Waals surface area contributed by atoms with E-state index in [2.05, 4.69) is 39.3 Å². The number of aliphatic hydroxyl groups excluding tert-OH is 1. The topological polar surface area (TPSA) is 91.0 Å². The van der Waals surface area contributed by atoms with Gasteiger partial charge in [0.25, 0.3) is 5.91 Å². The van der Waals surface area contributed by atoms with Gasteiger partial charge in [0, 0.05) is 0 Å². The van der Waals surface area contributed by atoms with Crippen molar-refractivity contribution < 1.29 is 23.5 Å². The van der Waals surface area contributed by atoms with Gasteiger partial charge in [-0.15, -0.1) is 0 Å². The van der Waals surface area contributed by atoms with Crippen LogP contribution in [0.15, 0.2) is 12.0 Å². The summed E-state index contributed by atoms with van der Waals surface area (Å²) < 4.78 is 17.4. The number of rotatable bonds is 11. The molecule has 0 heterocycles. The molecule has 0 unspecified atom stereocenters. The first kappa shape index (κ1) is 21.4. The summed E-state index contributed by atoms with van der Waals surface area (Å²) in [6.45, 7) is 13.5. The van der Waals surface area contributed by atoms with Gasteiger partial charge in [0.1, 0.15) is 12.2 Å². The van der Waals surface area contributed by atoms with Crippen LogP contribution in [0.25, 0.3) is 0 Å². The fourth-order valence-electron chi connectivity index (χ4n) is 1.62. The number of ether oxygens (including phenoxy) is 1. The highest BCUT2D eigenvalue weighted by Crippen LogP contribution is 2.14. The van der Waals surface area contributed by atoms with Gasteiger partial charge in [-0.1, -0.05) is 6.04 Å².